The highest BCUT2D eigenvalue weighted by Crippen LogP contribution is 2.42. The van der Waals surface area contributed by atoms with E-state index in [2.05, 4.69) is 48.1 Å². The number of hydrogen-bond donors (Lipinski definition) is 1. The lowest BCUT2D eigenvalue weighted by Gasteiger charge is -2.42. The molecule has 0 aliphatic heterocycles. The molecule has 2 nitrogen and oxygen atoms in total. The van der Waals surface area contributed by atoms with Gasteiger partial charge in [0.25, 0.3) is 0 Å². The number of hydrogen-bond acceptors (Lipinski definition) is 2. The first kappa shape index (κ1) is 15.9. The maximum atomic E-state index is 9.55. The van der Waals surface area contributed by atoms with Crippen molar-refractivity contribution >= 4 is 8.32 Å². The first-order valence-electron chi connectivity index (χ1n) is 6.23. The van der Waals surface area contributed by atoms with E-state index in [1.807, 2.05) is 0 Å². The Morgan fingerprint density at radius 2 is 1.44 bits per heavy atom. The van der Waals surface area contributed by atoms with Gasteiger partial charge in [-0.15, -0.1) is 6.58 Å². The maximum Gasteiger partial charge on any atom is 0.200 e. The fourth-order valence-electron chi connectivity index (χ4n) is 2.80. The summed E-state index contributed by atoms with van der Waals surface area (Å²) >= 11 is 0. The van der Waals surface area contributed by atoms with Gasteiger partial charge in [-0.2, -0.15) is 0 Å². The van der Waals surface area contributed by atoms with E-state index in [1.165, 1.54) is 0 Å². The van der Waals surface area contributed by atoms with E-state index in [9.17, 15) is 5.11 Å². The molecular formula is C13H28O2Si. The minimum absolute atomic E-state index is 0.393. The quantitative estimate of drug-likeness (QED) is 0.546. The molecule has 0 aliphatic carbocycles. The summed E-state index contributed by atoms with van der Waals surface area (Å²) in [5, 5.41) is 9.55. The highest BCUT2D eigenvalue weighted by molar-refractivity contribution is 6.77. The molecule has 96 valence electrons. The Bertz CT molecular complexity index is 190. The Balaban J connectivity index is 4.83. The minimum atomic E-state index is -1.81. The Labute approximate surface area is 102 Å². The van der Waals surface area contributed by atoms with E-state index in [1.54, 1.807) is 6.08 Å². The van der Waals surface area contributed by atoms with Crippen molar-refractivity contribution < 1.29 is 9.53 Å². The van der Waals surface area contributed by atoms with Crippen LogP contribution in [0.5, 0.6) is 0 Å². The summed E-state index contributed by atoms with van der Waals surface area (Å²) < 4.78 is 6.18. The average Bonchev–Trinajstić information content (AvgIpc) is 2.16. The summed E-state index contributed by atoms with van der Waals surface area (Å²) in [6.45, 7) is 17.4. The van der Waals surface area contributed by atoms with Crippen LogP contribution in [0.25, 0.3) is 0 Å². The molecule has 1 atom stereocenters. The highest BCUT2D eigenvalue weighted by atomic mass is 28.4. The molecule has 0 aromatic heterocycles. The van der Waals surface area contributed by atoms with E-state index >= 15 is 0 Å². The zero-order valence-corrected chi connectivity index (χ0v) is 12.7. The standard InChI is InChI=1S/C13H28O2Si/c1-8-13(14)9-15-16(10(2)3,11(4)5)12(6)7/h8,10-14H,1,9H2,2-7H3/t13-/m1/s1. The van der Waals surface area contributed by atoms with Crippen molar-refractivity contribution in [3.63, 3.8) is 0 Å². The molecule has 0 aliphatic rings. The summed E-state index contributed by atoms with van der Waals surface area (Å²) in [7, 11) is -1.81. The van der Waals surface area contributed by atoms with Gasteiger partial charge in [-0.1, -0.05) is 47.6 Å². The molecular weight excluding hydrogens is 216 g/mol. The molecule has 0 heterocycles. The van der Waals surface area contributed by atoms with E-state index in [0.29, 0.717) is 23.2 Å². The van der Waals surface area contributed by atoms with Gasteiger partial charge in [-0.3, -0.25) is 0 Å². The van der Waals surface area contributed by atoms with Crippen LogP contribution in [0.4, 0.5) is 0 Å². The first-order chi connectivity index (χ1) is 7.28. The van der Waals surface area contributed by atoms with Gasteiger partial charge in [0.15, 0.2) is 8.32 Å². The molecule has 0 unspecified atom stereocenters. The van der Waals surface area contributed by atoms with Crippen molar-refractivity contribution in [2.45, 2.75) is 64.3 Å². The molecule has 0 saturated heterocycles. The first-order valence-corrected chi connectivity index (χ1v) is 8.37. The second-order valence-electron chi connectivity index (χ2n) is 5.43. The van der Waals surface area contributed by atoms with Gasteiger partial charge in [0.2, 0.25) is 0 Å². The van der Waals surface area contributed by atoms with Gasteiger partial charge in [0.05, 0.1) is 12.7 Å². The smallest absolute Gasteiger partial charge is 0.200 e. The molecule has 0 rings (SSSR count). The molecule has 0 aromatic carbocycles. The van der Waals surface area contributed by atoms with Crippen LogP contribution in [-0.4, -0.2) is 26.1 Å². The zero-order chi connectivity index (χ0) is 12.9. The lowest BCUT2D eigenvalue weighted by molar-refractivity contribution is 0.132. The van der Waals surface area contributed by atoms with Crippen LogP contribution in [0.15, 0.2) is 12.7 Å². The van der Waals surface area contributed by atoms with Crippen LogP contribution in [0.1, 0.15) is 41.5 Å². The lowest BCUT2D eigenvalue weighted by Crippen LogP contribution is -2.49. The highest BCUT2D eigenvalue weighted by Gasteiger charge is 2.45. The fraction of sp³-hybridized carbons (Fsp3) is 0.846. The van der Waals surface area contributed by atoms with Gasteiger partial charge in [0, 0.05) is 0 Å². The van der Waals surface area contributed by atoms with Gasteiger partial charge in [-0.25, -0.2) is 0 Å². The monoisotopic (exact) mass is 244 g/mol. The molecule has 3 heteroatoms. The molecule has 0 spiro atoms. The Hall–Kier alpha value is -0.123. The fourth-order valence-corrected chi connectivity index (χ4v) is 8.26. The number of rotatable bonds is 7. The average molecular weight is 244 g/mol. The molecule has 0 fully saturated rings. The molecule has 0 saturated carbocycles. The van der Waals surface area contributed by atoms with Crippen molar-refractivity contribution in [1.82, 2.24) is 0 Å². The van der Waals surface area contributed by atoms with Gasteiger partial charge < -0.3 is 9.53 Å². The third-order valence-corrected chi connectivity index (χ3v) is 9.56. The molecule has 1 N–H and O–H groups in total. The van der Waals surface area contributed by atoms with Crippen molar-refractivity contribution in [1.29, 1.82) is 0 Å². The zero-order valence-electron chi connectivity index (χ0n) is 11.7. The van der Waals surface area contributed by atoms with Crippen LogP contribution in [0.3, 0.4) is 0 Å². The summed E-state index contributed by atoms with van der Waals surface area (Å²) in [5.41, 5.74) is 1.68. The van der Waals surface area contributed by atoms with Crippen molar-refractivity contribution in [3.05, 3.63) is 12.7 Å². The topological polar surface area (TPSA) is 29.5 Å². The Kier molecular flexibility index (Phi) is 6.52. The predicted octanol–water partition coefficient (Wildman–Crippen LogP) is 3.73. The lowest BCUT2D eigenvalue weighted by atomic mass is 10.4. The van der Waals surface area contributed by atoms with Gasteiger partial charge in [0.1, 0.15) is 0 Å². The van der Waals surface area contributed by atoms with E-state index in [-0.39, 0.29) is 0 Å². The minimum Gasteiger partial charge on any atom is -0.413 e. The van der Waals surface area contributed by atoms with Crippen LogP contribution in [0, 0.1) is 0 Å². The molecule has 0 bridgehead atoms. The van der Waals surface area contributed by atoms with Gasteiger partial charge in [-0.05, 0) is 16.6 Å². The predicted molar refractivity (Wildman–Crippen MR) is 73.2 cm³/mol. The molecule has 0 amide bonds. The van der Waals surface area contributed by atoms with Crippen LogP contribution < -0.4 is 0 Å². The molecule has 0 aromatic rings. The van der Waals surface area contributed by atoms with Crippen molar-refractivity contribution in [2.24, 2.45) is 0 Å². The maximum absolute atomic E-state index is 9.55. The van der Waals surface area contributed by atoms with Crippen LogP contribution in [-0.2, 0) is 4.43 Å². The van der Waals surface area contributed by atoms with E-state index in [0.717, 1.165) is 0 Å². The van der Waals surface area contributed by atoms with Gasteiger partial charge >= 0.3 is 0 Å². The summed E-state index contributed by atoms with van der Waals surface area (Å²) in [4.78, 5) is 0. The van der Waals surface area contributed by atoms with Crippen LogP contribution >= 0.6 is 0 Å². The Morgan fingerprint density at radius 3 is 1.69 bits per heavy atom. The summed E-state index contributed by atoms with van der Waals surface area (Å²) in [5.74, 6) is 0. The number of aliphatic hydroxyl groups excluding tert-OH is 1. The van der Waals surface area contributed by atoms with Crippen molar-refractivity contribution in [3.8, 4) is 0 Å². The third kappa shape index (κ3) is 3.44. The largest absolute Gasteiger partial charge is 0.413 e. The van der Waals surface area contributed by atoms with Crippen molar-refractivity contribution in [2.75, 3.05) is 6.61 Å². The normalized spacial score (nSPS) is 14.9. The Morgan fingerprint density at radius 1 is 1.06 bits per heavy atom. The second-order valence-corrected chi connectivity index (χ2v) is 10.9. The molecule has 16 heavy (non-hydrogen) atoms. The second kappa shape index (κ2) is 6.57. The molecule has 0 radical (unpaired) electrons. The number of aliphatic hydroxyl groups is 1. The van der Waals surface area contributed by atoms with Crippen LogP contribution in [0.2, 0.25) is 16.6 Å². The van der Waals surface area contributed by atoms with E-state index in [4.69, 9.17) is 4.43 Å². The summed E-state index contributed by atoms with van der Waals surface area (Å²) in [6.07, 6.45) is 1.00. The third-order valence-electron chi connectivity index (χ3n) is 3.48. The van der Waals surface area contributed by atoms with E-state index < -0.39 is 14.4 Å². The SMILES string of the molecule is C=C[C@@H](O)CO[Si](C(C)C)(C(C)C)C(C)C. The summed E-state index contributed by atoms with van der Waals surface area (Å²) in [6, 6.07) is 0.